The largest absolute Gasteiger partial charge is 0.477 e. The molecule has 9 heteroatoms. The van der Waals surface area contributed by atoms with Gasteiger partial charge in [-0.25, -0.2) is 13.9 Å². The van der Waals surface area contributed by atoms with Crippen molar-refractivity contribution in [3.63, 3.8) is 0 Å². The molecule has 0 saturated carbocycles. The fourth-order valence-electron chi connectivity index (χ4n) is 3.19. The maximum Gasteiger partial charge on any atom is 0.352 e. The van der Waals surface area contributed by atoms with Crippen molar-refractivity contribution in [2.45, 2.75) is 13.0 Å². The number of carbonyl (C=O) groups excluding carboxylic acids is 1. The van der Waals surface area contributed by atoms with Gasteiger partial charge in [-0.05, 0) is 36.8 Å². The number of hydrogen-bond acceptors (Lipinski definition) is 4. The first-order valence-corrected chi connectivity index (χ1v) is 9.34. The quantitative estimate of drug-likeness (QED) is 0.580. The number of rotatable bonds is 4. The van der Waals surface area contributed by atoms with E-state index in [4.69, 9.17) is 11.6 Å². The predicted octanol–water partition coefficient (Wildman–Crippen LogP) is 4.22. The number of amides is 1. The van der Waals surface area contributed by atoms with Gasteiger partial charge in [0.2, 0.25) is 0 Å². The number of carbonyl (C=O) groups is 2. The number of anilines is 2. The molecule has 2 heterocycles. The highest BCUT2D eigenvalue weighted by atomic mass is 35.5. The summed E-state index contributed by atoms with van der Waals surface area (Å²) in [6.45, 7) is 1.84. The lowest BCUT2D eigenvalue weighted by Crippen LogP contribution is -2.26. The first kappa shape index (κ1) is 19.7. The minimum atomic E-state index is -1.24. The molecule has 152 valence electrons. The van der Waals surface area contributed by atoms with E-state index in [-0.39, 0.29) is 22.6 Å². The van der Waals surface area contributed by atoms with Gasteiger partial charge in [-0.3, -0.25) is 4.79 Å². The number of carboxylic acids is 1. The van der Waals surface area contributed by atoms with Crippen LogP contribution in [0, 0.1) is 12.7 Å². The fraction of sp³-hybridized carbons (Fsp3) is 0.0952. The molecule has 1 aliphatic rings. The smallest absolute Gasteiger partial charge is 0.352 e. The van der Waals surface area contributed by atoms with E-state index in [1.807, 2.05) is 6.92 Å². The molecule has 7 nitrogen and oxygen atoms in total. The van der Waals surface area contributed by atoms with E-state index in [9.17, 15) is 19.1 Å². The Hall–Kier alpha value is -3.65. The van der Waals surface area contributed by atoms with E-state index in [0.29, 0.717) is 10.7 Å². The number of nitrogens with zero attached hydrogens (tertiary/aromatic N) is 2. The van der Waals surface area contributed by atoms with Crippen molar-refractivity contribution >= 4 is 35.0 Å². The molecule has 1 atom stereocenters. The Morgan fingerprint density at radius 1 is 1.27 bits per heavy atom. The monoisotopic (exact) mass is 426 g/mol. The average Bonchev–Trinajstić information content (AvgIpc) is 3.15. The number of fused-ring (bicyclic) bond motifs is 1. The molecule has 2 aromatic carbocycles. The molecule has 0 bridgehead atoms. The van der Waals surface area contributed by atoms with Gasteiger partial charge in [-0.2, -0.15) is 5.10 Å². The topological polar surface area (TPSA) is 96.3 Å². The van der Waals surface area contributed by atoms with Gasteiger partial charge in [0.05, 0.1) is 6.20 Å². The molecule has 3 aromatic rings. The molecular weight excluding hydrogens is 411 g/mol. The normalized spacial score (nSPS) is 15.0. The summed E-state index contributed by atoms with van der Waals surface area (Å²) in [5.41, 5.74) is 1.51. The van der Waals surface area contributed by atoms with Crippen LogP contribution < -0.4 is 10.6 Å². The zero-order valence-corrected chi connectivity index (χ0v) is 16.4. The van der Waals surface area contributed by atoms with Gasteiger partial charge >= 0.3 is 5.97 Å². The zero-order chi connectivity index (χ0) is 21.4. The lowest BCUT2D eigenvalue weighted by molar-refractivity contribution is -0.132. The van der Waals surface area contributed by atoms with Gasteiger partial charge in [-0.15, -0.1) is 0 Å². The lowest BCUT2D eigenvalue weighted by Gasteiger charge is -2.24. The van der Waals surface area contributed by atoms with Crippen LogP contribution in [-0.2, 0) is 4.79 Å². The Balaban J connectivity index is 1.73. The van der Waals surface area contributed by atoms with Crippen LogP contribution in [-0.4, -0.2) is 26.8 Å². The minimum absolute atomic E-state index is 0.111. The van der Waals surface area contributed by atoms with E-state index in [2.05, 4.69) is 15.7 Å². The van der Waals surface area contributed by atoms with E-state index in [0.717, 1.165) is 5.56 Å². The van der Waals surface area contributed by atoms with Gasteiger partial charge in [-0.1, -0.05) is 35.9 Å². The molecule has 1 unspecified atom stereocenters. The molecule has 0 radical (unpaired) electrons. The Bertz CT molecular complexity index is 1200. The number of carboxylic acid groups (broad SMARTS) is 1. The molecular formula is C21H16ClFN4O3. The van der Waals surface area contributed by atoms with Crippen LogP contribution in [0.4, 0.5) is 15.9 Å². The summed E-state index contributed by atoms with van der Waals surface area (Å²) in [6.07, 6.45) is 2.65. The van der Waals surface area contributed by atoms with Crippen LogP contribution in [0.2, 0.25) is 5.02 Å². The van der Waals surface area contributed by atoms with E-state index in [1.54, 1.807) is 30.3 Å². The van der Waals surface area contributed by atoms with Crippen LogP contribution in [0.1, 0.15) is 27.5 Å². The minimum Gasteiger partial charge on any atom is -0.477 e. The van der Waals surface area contributed by atoms with Gasteiger partial charge < -0.3 is 15.7 Å². The summed E-state index contributed by atoms with van der Waals surface area (Å²) < 4.78 is 15.8. The summed E-state index contributed by atoms with van der Waals surface area (Å²) in [4.78, 5) is 24.5. The number of aromatic nitrogens is 2. The standard InChI is InChI=1S/C21H16ClFN4O3/c1-11-6-7-12(8-15(11)22)25-20(28)14-10-24-27-18(13-4-2-3-5-16(13)23)9-17(21(29)30)26-19(14)27/h2-10,18,26H,1H3,(H,25,28)(H,29,30). The first-order valence-electron chi connectivity index (χ1n) is 8.96. The summed E-state index contributed by atoms with van der Waals surface area (Å²) >= 11 is 6.10. The van der Waals surface area contributed by atoms with Crippen molar-refractivity contribution in [2.75, 3.05) is 10.6 Å². The molecule has 30 heavy (non-hydrogen) atoms. The van der Waals surface area contributed by atoms with Crippen LogP contribution in [0.5, 0.6) is 0 Å². The Morgan fingerprint density at radius 2 is 2.03 bits per heavy atom. The Kier molecular flexibility index (Phi) is 5.01. The van der Waals surface area contributed by atoms with Gasteiger partial charge in [0.25, 0.3) is 5.91 Å². The Labute approximate surface area is 175 Å². The molecule has 1 aliphatic heterocycles. The molecule has 3 N–H and O–H groups in total. The zero-order valence-electron chi connectivity index (χ0n) is 15.7. The third-order valence-corrected chi connectivity index (χ3v) is 5.17. The van der Waals surface area contributed by atoms with Crippen LogP contribution in [0.25, 0.3) is 0 Å². The van der Waals surface area contributed by atoms with Crippen molar-refractivity contribution in [1.29, 1.82) is 0 Å². The van der Waals surface area contributed by atoms with Gasteiger partial charge in [0, 0.05) is 16.3 Å². The number of benzene rings is 2. The lowest BCUT2D eigenvalue weighted by atomic mass is 10.0. The molecule has 1 aromatic heterocycles. The summed E-state index contributed by atoms with van der Waals surface area (Å²) in [5.74, 6) is -2.10. The summed E-state index contributed by atoms with van der Waals surface area (Å²) in [6, 6.07) is 10.3. The van der Waals surface area contributed by atoms with Crippen LogP contribution in [0.15, 0.2) is 60.4 Å². The maximum absolute atomic E-state index is 14.4. The highest BCUT2D eigenvalue weighted by Gasteiger charge is 2.30. The second kappa shape index (κ2) is 7.64. The first-order chi connectivity index (χ1) is 14.3. The number of aliphatic carboxylic acids is 1. The van der Waals surface area contributed by atoms with E-state index in [1.165, 1.54) is 29.1 Å². The number of hydrogen-bond donors (Lipinski definition) is 3. The molecule has 0 fully saturated rings. The van der Waals surface area contributed by atoms with Gasteiger partial charge in [0.15, 0.2) is 0 Å². The van der Waals surface area contributed by atoms with Gasteiger partial charge in [0.1, 0.15) is 28.9 Å². The van der Waals surface area contributed by atoms with Crippen LogP contribution >= 0.6 is 11.6 Å². The third-order valence-electron chi connectivity index (χ3n) is 4.77. The molecule has 0 aliphatic carbocycles. The van der Waals surface area contributed by atoms with Crippen molar-refractivity contribution in [3.8, 4) is 0 Å². The maximum atomic E-state index is 14.4. The number of nitrogens with one attached hydrogen (secondary N) is 2. The van der Waals surface area contributed by atoms with Crippen molar-refractivity contribution in [3.05, 3.63) is 88.0 Å². The second-order valence-corrected chi connectivity index (χ2v) is 7.15. The third kappa shape index (κ3) is 3.53. The van der Waals surface area contributed by atoms with E-state index < -0.39 is 23.7 Å². The number of allylic oxidation sites excluding steroid dienone is 1. The number of aryl methyl sites for hydroxylation is 1. The summed E-state index contributed by atoms with van der Waals surface area (Å²) in [5, 5.41) is 19.6. The van der Waals surface area contributed by atoms with Crippen molar-refractivity contribution < 1.29 is 19.1 Å². The van der Waals surface area contributed by atoms with E-state index >= 15 is 0 Å². The SMILES string of the molecule is Cc1ccc(NC(=O)c2cnn3c2NC(C(=O)O)=CC3c2ccccc2F)cc1Cl. The average molecular weight is 427 g/mol. The molecule has 1 amide bonds. The molecule has 0 saturated heterocycles. The molecule has 0 spiro atoms. The Morgan fingerprint density at radius 3 is 2.73 bits per heavy atom. The molecule has 4 rings (SSSR count). The fourth-order valence-corrected chi connectivity index (χ4v) is 3.37. The van der Waals surface area contributed by atoms with Crippen molar-refractivity contribution in [1.82, 2.24) is 9.78 Å². The second-order valence-electron chi connectivity index (χ2n) is 6.75. The highest BCUT2D eigenvalue weighted by molar-refractivity contribution is 6.31. The van der Waals surface area contributed by atoms with Crippen LogP contribution in [0.3, 0.4) is 0 Å². The number of halogens is 2. The predicted molar refractivity (Wildman–Crippen MR) is 110 cm³/mol. The summed E-state index contributed by atoms with van der Waals surface area (Å²) in [7, 11) is 0. The highest BCUT2D eigenvalue weighted by Crippen LogP contribution is 2.33. The van der Waals surface area contributed by atoms with Crippen molar-refractivity contribution in [2.24, 2.45) is 0 Å².